The van der Waals surface area contributed by atoms with E-state index in [0.29, 0.717) is 12.2 Å². The number of rotatable bonds is 7. The Morgan fingerprint density at radius 2 is 1.88 bits per heavy atom. The number of ether oxygens (including phenoxy) is 1. The standard InChI is InChI=1S/C17H18Cl2N2O4S/c1-11(10-25-2)20-17(22)12-4-3-5-13(8-12)21-26(23,24)14-6-7-15(18)16(19)9-14/h3-9,11,21H,10H2,1-2H3,(H,20,22). The Labute approximate surface area is 162 Å². The minimum atomic E-state index is -3.87. The van der Waals surface area contributed by atoms with Crippen LogP contribution in [-0.2, 0) is 14.8 Å². The van der Waals surface area contributed by atoms with Gasteiger partial charge in [0.1, 0.15) is 0 Å². The van der Waals surface area contributed by atoms with Crippen molar-refractivity contribution in [2.24, 2.45) is 0 Å². The van der Waals surface area contributed by atoms with Gasteiger partial charge in [-0.2, -0.15) is 0 Å². The highest BCUT2D eigenvalue weighted by atomic mass is 35.5. The van der Waals surface area contributed by atoms with Crippen molar-refractivity contribution in [1.29, 1.82) is 0 Å². The Balaban J connectivity index is 2.19. The number of hydrogen-bond donors (Lipinski definition) is 2. The molecule has 0 aliphatic carbocycles. The van der Waals surface area contributed by atoms with Gasteiger partial charge in [-0.1, -0.05) is 29.3 Å². The molecule has 2 aromatic rings. The molecule has 1 amide bonds. The lowest BCUT2D eigenvalue weighted by molar-refractivity contribution is 0.0905. The molecule has 9 heteroatoms. The second-order valence-corrected chi connectivity index (χ2v) is 8.09. The first kappa shape index (κ1) is 20.5. The maximum atomic E-state index is 12.5. The second kappa shape index (κ2) is 8.73. The molecule has 0 radical (unpaired) electrons. The number of hydrogen-bond acceptors (Lipinski definition) is 4. The van der Waals surface area contributed by atoms with Crippen molar-refractivity contribution in [3.63, 3.8) is 0 Å². The Kier molecular flexibility index (Phi) is 6.88. The Hall–Kier alpha value is -1.80. The first-order valence-corrected chi connectivity index (χ1v) is 9.84. The van der Waals surface area contributed by atoms with Crippen LogP contribution >= 0.6 is 23.2 Å². The van der Waals surface area contributed by atoms with Crippen molar-refractivity contribution in [2.75, 3.05) is 18.4 Å². The first-order valence-electron chi connectivity index (χ1n) is 7.60. The number of amides is 1. The molecule has 2 aromatic carbocycles. The fraction of sp³-hybridized carbons (Fsp3) is 0.235. The smallest absolute Gasteiger partial charge is 0.261 e. The van der Waals surface area contributed by atoms with Crippen LogP contribution in [0.15, 0.2) is 47.4 Å². The number of anilines is 1. The number of sulfonamides is 1. The lowest BCUT2D eigenvalue weighted by Crippen LogP contribution is -2.35. The summed E-state index contributed by atoms with van der Waals surface area (Å²) >= 11 is 11.7. The van der Waals surface area contributed by atoms with E-state index in [4.69, 9.17) is 27.9 Å². The average molecular weight is 417 g/mol. The van der Waals surface area contributed by atoms with Crippen molar-refractivity contribution >= 4 is 44.8 Å². The van der Waals surface area contributed by atoms with E-state index >= 15 is 0 Å². The summed E-state index contributed by atoms with van der Waals surface area (Å²) in [6.07, 6.45) is 0. The largest absolute Gasteiger partial charge is 0.383 e. The van der Waals surface area contributed by atoms with Crippen LogP contribution in [0.3, 0.4) is 0 Å². The molecule has 6 nitrogen and oxygen atoms in total. The summed E-state index contributed by atoms with van der Waals surface area (Å²) < 4.78 is 32.3. The first-order chi connectivity index (χ1) is 12.2. The van der Waals surface area contributed by atoms with Gasteiger partial charge in [0.25, 0.3) is 15.9 Å². The fourth-order valence-corrected chi connectivity index (χ4v) is 3.62. The van der Waals surface area contributed by atoms with E-state index in [1.165, 1.54) is 24.3 Å². The molecule has 26 heavy (non-hydrogen) atoms. The zero-order valence-corrected chi connectivity index (χ0v) is 16.5. The Bertz CT molecular complexity index is 903. The van der Waals surface area contributed by atoms with Gasteiger partial charge in [0.15, 0.2) is 0 Å². The van der Waals surface area contributed by atoms with E-state index in [1.807, 2.05) is 0 Å². The molecule has 2 rings (SSSR count). The highest BCUT2D eigenvalue weighted by Crippen LogP contribution is 2.26. The third-order valence-electron chi connectivity index (χ3n) is 3.37. The Morgan fingerprint density at radius 3 is 2.54 bits per heavy atom. The predicted octanol–water partition coefficient (Wildman–Crippen LogP) is 3.56. The third kappa shape index (κ3) is 5.35. The molecule has 2 N–H and O–H groups in total. The lowest BCUT2D eigenvalue weighted by atomic mass is 10.2. The van der Waals surface area contributed by atoms with Gasteiger partial charge in [-0.15, -0.1) is 0 Å². The van der Waals surface area contributed by atoms with Crippen LogP contribution in [0.5, 0.6) is 0 Å². The Morgan fingerprint density at radius 1 is 1.15 bits per heavy atom. The number of nitrogens with one attached hydrogen (secondary N) is 2. The number of halogens is 2. The topological polar surface area (TPSA) is 84.5 Å². The normalized spacial score (nSPS) is 12.5. The van der Waals surface area contributed by atoms with Crippen LogP contribution in [0.4, 0.5) is 5.69 Å². The summed E-state index contributed by atoms with van der Waals surface area (Å²) in [4.78, 5) is 12.2. The summed E-state index contributed by atoms with van der Waals surface area (Å²) in [7, 11) is -2.33. The lowest BCUT2D eigenvalue weighted by Gasteiger charge is -2.14. The van der Waals surface area contributed by atoms with Gasteiger partial charge in [0.05, 0.1) is 21.5 Å². The van der Waals surface area contributed by atoms with Crippen LogP contribution in [0.1, 0.15) is 17.3 Å². The molecule has 1 unspecified atom stereocenters. The second-order valence-electron chi connectivity index (χ2n) is 5.59. The monoisotopic (exact) mass is 416 g/mol. The highest BCUT2D eigenvalue weighted by molar-refractivity contribution is 7.92. The minimum absolute atomic E-state index is 0.0320. The SMILES string of the molecule is COCC(C)NC(=O)c1cccc(NS(=O)(=O)c2ccc(Cl)c(Cl)c2)c1. The van der Waals surface area contributed by atoms with E-state index in [9.17, 15) is 13.2 Å². The maximum Gasteiger partial charge on any atom is 0.261 e. The van der Waals surface area contributed by atoms with Crippen molar-refractivity contribution < 1.29 is 17.9 Å². The maximum absolute atomic E-state index is 12.5. The molecule has 0 fully saturated rings. The fourth-order valence-electron chi connectivity index (χ4n) is 2.18. The molecule has 0 bridgehead atoms. The third-order valence-corrected chi connectivity index (χ3v) is 5.49. The zero-order chi connectivity index (χ0) is 19.3. The van der Waals surface area contributed by atoms with Crippen molar-refractivity contribution in [1.82, 2.24) is 5.32 Å². The van der Waals surface area contributed by atoms with E-state index in [2.05, 4.69) is 10.0 Å². The van der Waals surface area contributed by atoms with E-state index < -0.39 is 10.0 Å². The van der Waals surface area contributed by atoms with Crippen LogP contribution in [0.2, 0.25) is 10.0 Å². The molecular formula is C17H18Cl2N2O4S. The van der Waals surface area contributed by atoms with Gasteiger partial charge in [-0.3, -0.25) is 9.52 Å². The number of carbonyl (C=O) groups is 1. The molecule has 1 atom stereocenters. The molecule has 0 aliphatic heterocycles. The van der Waals surface area contributed by atoms with Gasteiger partial charge in [-0.05, 0) is 43.3 Å². The molecule has 0 heterocycles. The van der Waals surface area contributed by atoms with E-state index in [1.54, 1.807) is 32.2 Å². The van der Waals surface area contributed by atoms with Gasteiger partial charge in [0.2, 0.25) is 0 Å². The highest BCUT2D eigenvalue weighted by Gasteiger charge is 2.17. The van der Waals surface area contributed by atoms with Gasteiger partial charge >= 0.3 is 0 Å². The molecule has 0 saturated carbocycles. The molecule has 0 aliphatic rings. The molecular weight excluding hydrogens is 399 g/mol. The van der Waals surface area contributed by atoms with Crippen LogP contribution in [0.25, 0.3) is 0 Å². The van der Waals surface area contributed by atoms with Crippen molar-refractivity contribution in [3.05, 3.63) is 58.1 Å². The summed E-state index contributed by atoms with van der Waals surface area (Å²) in [6.45, 7) is 2.17. The quantitative estimate of drug-likeness (QED) is 0.722. The minimum Gasteiger partial charge on any atom is -0.383 e. The summed E-state index contributed by atoms with van der Waals surface area (Å²) in [5, 5.41) is 3.15. The van der Waals surface area contributed by atoms with Crippen molar-refractivity contribution in [2.45, 2.75) is 17.9 Å². The summed E-state index contributed by atoms with van der Waals surface area (Å²) in [6, 6.07) is 10.0. The van der Waals surface area contributed by atoms with Crippen LogP contribution in [-0.4, -0.2) is 34.1 Å². The summed E-state index contributed by atoms with van der Waals surface area (Å²) in [5.74, 6) is -0.329. The van der Waals surface area contributed by atoms with E-state index in [0.717, 1.165) is 0 Å². The van der Waals surface area contributed by atoms with E-state index in [-0.39, 0.29) is 32.6 Å². The van der Waals surface area contributed by atoms with Gasteiger partial charge < -0.3 is 10.1 Å². The predicted molar refractivity (Wildman–Crippen MR) is 103 cm³/mol. The van der Waals surface area contributed by atoms with Crippen LogP contribution < -0.4 is 10.0 Å². The van der Waals surface area contributed by atoms with Crippen LogP contribution in [0, 0.1) is 0 Å². The molecule has 0 saturated heterocycles. The van der Waals surface area contributed by atoms with Gasteiger partial charge in [0, 0.05) is 24.4 Å². The number of carbonyl (C=O) groups excluding carboxylic acids is 1. The van der Waals surface area contributed by atoms with Gasteiger partial charge in [-0.25, -0.2) is 8.42 Å². The van der Waals surface area contributed by atoms with Crippen molar-refractivity contribution in [3.8, 4) is 0 Å². The summed E-state index contributed by atoms with van der Waals surface area (Å²) in [5.41, 5.74) is 0.574. The number of methoxy groups -OCH3 is 1. The average Bonchev–Trinajstić information content (AvgIpc) is 2.57. The molecule has 0 spiro atoms. The number of benzene rings is 2. The molecule has 140 valence electrons. The zero-order valence-electron chi connectivity index (χ0n) is 14.1. The molecule has 0 aromatic heterocycles.